The van der Waals surface area contributed by atoms with Gasteiger partial charge in [0.1, 0.15) is 5.76 Å². The quantitative estimate of drug-likeness (QED) is 0.441. The van der Waals surface area contributed by atoms with E-state index in [1.165, 1.54) is 10.6 Å². The number of nitrogens with one attached hydrogen (secondary N) is 2. The smallest absolute Gasteiger partial charge is 0.253 e. The average molecular weight is 514 g/mol. The molecule has 8 nitrogen and oxygen atoms in total. The van der Waals surface area contributed by atoms with Gasteiger partial charge in [0.05, 0.1) is 29.0 Å². The van der Waals surface area contributed by atoms with Gasteiger partial charge in [-0.15, -0.1) is 11.8 Å². The number of amides is 2. The summed E-state index contributed by atoms with van der Waals surface area (Å²) in [5, 5.41) is 5.64. The zero-order valence-corrected chi connectivity index (χ0v) is 20.9. The number of nitrogens with zero attached hydrogens (tertiary/aromatic N) is 1. The number of para-hydroxylation sites is 1. The number of piperidine rings is 1. The van der Waals surface area contributed by atoms with Gasteiger partial charge >= 0.3 is 0 Å². The second kappa shape index (κ2) is 11.1. The number of rotatable bonds is 8. The van der Waals surface area contributed by atoms with Gasteiger partial charge < -0.3 is 15.1 Å². The molecule has 1 aliphatic heterocycles. The van der Waals surface area contributed by atoms with Crippen LogP contribution in [0.25, 0.3) is 0 Å². The monoisotopic (exact) mass is 513 g/mol. The average Bonchev–Trinajstić information content (AvgIpc) is 3.41. The molecule has 0 atom stereocenters. The molecule has 0 bridgehead atoms. The maximum Gasteiger partial charge on any atom is 0.253 e. The molecule has 1 aliphatic rings. The summed E-state index contributed by atoms with van der Waals surface area (Å²) in [6, 6.07) is 17.1. The van der Waals surface area contributed by atoms with Gasteiger partial charge in [0, 0.05) is 23.9 Å². The van der Waals surface area contributed by atoms with Gasteiger partial charge in [0.25, 0.3) is 5.91 Å². The normalized spacial score (nSPS) is 15.0. The molecule has 184 valence electrons. The SMILES string of the molecule is CSc1ccc(S(=O)(=O)N2CCC(C(=O)Nc3ccccc3C(=O)NCc3ccco3)CC2)cc1. The lowest BCUT2D eigenvalue weighted by atomic mass is 9.97. The molecule has 10 heteroatoms. The highest BCUT2D eigenvalue weighted by Gasteiger charge is 2.32. The Hall–Kier alpha value is -3.08. The third-order valence-electron chi connectivity index (χ3n) is 5.95. The maximum absolute atomic E-state index is 13.0. The van der Waals surface area contributed by atoms with Gasteiger partial charge in [0.15, 0.2) is 0 Å². The van der Waals surface area contributed by atoms with E-state index in [0.29, 0.717) is 29.9 Å². The van der Waals surface area contributed by atoms with Crippen LogP contribution in [-0.4, -0.2) is 43.9 Å². The molecule has 35 heavy (non-hydrogen) atoms. The highest BCUT2D eigenvalue weighted by molar-refractivity contribution is 7.98. The summed E-state index contributed by atoms with van der Waals surface area (Å²) >= 11 is 1.55. The Morgan fingerprint density at radius 2 is 1.74 bits per heavy atom. The van der Waals surface area contributed by atoms with Gasteiger partial charge in [-0.1, -0.05) is 12.1 Å². The summed E-state index contributed by atoms with van der Waals surface area (Å²) in [5.74, 6) is -0.273. The first kappa shape index (κ1) is 25.0. The Balaban J connectivity index is 1.35. The predicted octanol–water partition coefficient (Wildman–Crippen LogP) is 3.97. The molecular weight excluding hydrogens is 486 g/mol. The number of hydrogen-bond donors (Lipinski definition) is 2. The van der Waals surface area contributed by atoms with Gasteiger partial charge in [-0.25, -0.2) is 8.42 Å². The molecule has 3 aromatic rings. The zero-order valence-electron chi connectivity index (χ0n) is 19.3. The van der Waals surface area contributed by atoms with E-state index in [1.807, 2.05) is 6.26 Å². The summed E-state index contributed by atoms with van der Waals surface area (Å²) in [4.78, 5) is 26.9. The largest absolute Gasteiger partial charge is 0.467 e. The molecule has 2 N–H and O–H groups in total. The zero-order chi connectivity index (χ0) is 24.8. The standard InChI is InChI=1S/C25H27N3O5S2/c1-34-20-8-10-21(11-9-20)35(31,32)28-14-12-18(13-15-28)24(29)27-23-7-3-2-6-22(23)25(30)26-17-19-5-4-16-33-19/h2-11,16,18H,12-15,17H2,1H3,(H,26,30)(H,27,29). The minimum Gasteiger partial charge on any atom is -0.467 e. The van der Waals surface area contributed by atoms with Crippen molar-refractivity contribution in [2.75, 3.05) is 24.7 Å². The first-order chi connectivity index (χ1) is 16.9. The molecule has 0 aliphatic carbocycles. The van der Waals surface area contributed by atoms with Crippen molar-refractivity contribution < 1.29 is 22.4 Å². The van der Waals surface area contributed by atoms with Crippen LogP contribution >= 0.6 is 11.8 Å². The van der Waals surface area contributed by atoms with E-state index < -0.39 is 10.0 Å². The van der Waals surface area contributed by atoms with E-state index in [4.69, 9.17) is 4.42 Å². The number of thioether (sulfide) groups is 1. The summed E-state index contributed by atoms with van der Waals surface area (Å²) in [5.41, 5.74) is 0.763. The van der Waals surface area contributed by atoms with Crippen LogP contribution in [0.1, 0.15) is 29.0 Å². The van der Waals surface area contributed by atoms with Gasteiger partial charge in [-0.3, -0.25) is 9.59 Å². The first-order valence-electron chi connectivity index (χ1n) is 11.2. The van der Waals surface area contributed by atoms with Crippen molar-refractivity contribution in [2.45, 2.75) is 29.2 Å². The van der Waals surface area contributed by atoms with E-state index in [2.05, 4.69) is 10.6 Å². The fourth-order valence-corrected chi connectivity index (χ4v) is 5.83. The Kier molecular flexibility index (Phi) is 7.94. The molecule has 2 aromatic carbocycles. The van der Waals surface area contributed by atoms with Crippen molar-refractivity contribution in [2.24, 2.45) is 5.92 Å². The molecule has 0 radical (unpaired) electrons. The Labute approximate surface area is 209 Å². The maximum atomic E-state index is 13.0. The van der Waals surface area contributed by atoms with Crippen LogP contribution in [0.4, 0.5) is 5.69 Å². The number of benzene rings is 2. The lowest BCUT2D eigenvalue weighted by molar-refractivity contribution is -0.120. The second-order valence-corrected chi connectivity index (χ2v) is 11.0. The number of hydrogen-bond acceptors (Lipinski definition) is 6. The van der Waals surface area contributed by atoms with Crippen LogP contribution in [0.5, 0.6) is 0 Å². The van der Waals surface area contributed by atoms with Crippen LogP contribution < -0.4 is 10.6 Å². The highest BCUT2D eigenvalue weighted by atomic mass is 32.2. The summed E-state index contributed by atoms with van der Waals surface area (Å²) < 4.78 is 32.6. The van der Waals surface area contributed by atoms with Crippen LogP contribution in [0.15, 0.2) is 81.1 Å². The van der Waals surface area contributed by atoms with E-state index >= 15 is 0 Å². The van der Waals surface area contributed by atoms with E-state index in [0.717, 1.165) is 4.90 Å². The summed E-state index contributed by atoms with van der Waals surface area (Å²) in [6.45, 7) is 0.757. The molecule has 0 unspecified atom stereocenters. The van der Waals surface area contributed by atoms with Gasteiger partial charge in [-0.05, 0) is 67.6 Å². The van der Waals surface area contributed by atoms with Crippen molar-refractivity contribution in [3.8, 4) is 0 Å². The first-order valence-corrected chi connectivity index (χ1v) is 13.9. The minimum absolute atomic E-state index is 0.224. The van der Waals surface area contributed by atoms with Crippen molar-refractivity contribution in [3.63, 3.8) is 0 Å². The highest BCUT2D eigenvalue weighted by Crippen LogP contribution is 2.27. The molecule has 1 aromatic heterocycles. The number of carbonyl (C=O) groups excluding carboxylic acids is 2. The molecule has 0 spiro atoms. The van der Waals surface area contributed by atoms with Crippen LogP contribution in [0.3, 0.4) is 0 Å². The Morgan fingerprint density at radius 1 is 1.03 bits per heavy atom. The molecule has 1 saturated heterocycles. The molecule has 2 heterocycles. The van der Waals surface area contributed by atoms with Crippen LogP contribution in [-0.2, 0) is 21.4 Å². The van der Waals surface area contributed by atoms with E-state index in [1.54, 1.807) is 72.4 Å². The van der Waals surface area contributed by atoms with E-state index in [-0.39, 0.29) is 42.3 Å². The fraction of sp³-hybridized carbons (Fsp3) is 0.280. The molecule has 2 amide bonds. The third-order valence-corrected chi connectivity index (χ3v) is 8.61. The summed E-state index contributed by atoms with van der Waals surface area (Å²) in [7, 11) is -3.61. The molecular formula is C25H27N3O5S2. The molecule has 4 rings (SSSR count). The third kappa shape index (κ3) is 5.95. The topological polar surface area (TPSA) is 109 Å². The number of anilines is 1. The van der Waals surface area contributed by atoms with Crippen molar-refractivity contribution in [1.82, 2.24) is 9.62 Å². The van der Waals surface area contributed by atoms with Crippen molar-refractivity contribution in [3.05, 3.63) is 78.3 Å². The fourth-order valence-electron chi connectivity index (χ4n) is 3.96. The van der Waals surface area contributed by atoms with Crippen LogP contribution in [0, 0.1) is 5.92 Å². The van der Waals surface area contributed by atoms with Crippen LogP contribution in [0.2, 0.25) is 0 Å². The van der Waals surface area contributed by atoms with Crippen molar-refractivity contribution in [1.29, 1.82) is 0 Å². The predicted molar refractivity (Wildman–Crippen MR) is 135 cm³/mol. The lowest BCUT2D eigenvalue weighted by Crippen LogP contribution is -2.41. The lowest BCUT2D eigenvalue weighted by Gasteiger charge is -2.30. The van der Waals surface area contributed by atoms with Gasteiger partial charge in [-0.2, -0.15) is 4.31 Å². The number of furan rings is 1. The number of sulfonamides is 1. The number of carbonyl (C=O) groups is 2. The summed E-state index contributed by atoms with van der Waals surface area (Å²) in [6.07, 6.45) is 4.28. The van der Waals surface area contributed by atoms with Gasteiger partial charge in [0.2, 0.25) is 15.9 Å². The molecule has 1 fully saturated rings. The van der Waals surface area contributed by atoms with Crippen molar-refractivity contribution >= 4 is 39.3 Å². The second-order valence-electron chi connectivity index (χ2n) is 8.15. The van der Waals surface area contributed by atoms with E-state index in [9.17, 15) is 18.0 Å². The Bertz CT molecular complexity index is 1270. The molecule has 0 saturated carbocycles. The Morgan fingerprint density at radius 3 is 2.40 bits per heavy atom. The minimum atomic E-state index is -3.61.